The molecule has 1 aliphatic rings. The van der Waals surface area contributed by atoms with Crippen LogP contribution in [-0.2, 0) is 6.42 Å². The van der Waals surface area contributed by atoms with Crippen LogP contribution < -0.4 is 4.90 Å². The van der Waals surface area contributed by atoms with Crippen molar-refractivity contribution in [2.45, 2.75) is 6.42 Å². The Bertz CT molecular complexity index is 634. The van der Waals surface area contributed by atoms with Gasteiger partial charge in [-0.25, -0.2) is 0 Å². The second-order valence-corrected chi connectivity index (χ2v) is 5.37. The maximum Gasteiger partial charge on any atom is 0.258 e. The molecule has 0 bridgehead atoms. The Kier molecular flexibility index (Phi) is 3.21. The second kappa shape index (κ2) is 4.87. The van der Waals surface area contributed by atoms with Crippen molar-refractivity contribution in [3.8, 4) is 0 Å². The van der Waals surface area contributed by atoms with E-state index in [1.165, 1.54) is 5.56 Å². The number of halogens is 2. The number of hydrogen-bond acceptors (Lipinski definition) is 1. The Hall–Kier alpha value is -1.51. The summed E-state index contributed by atoms with van der Waals surface area (Å²) in [6.45, 7) is 0.697. The van der Waals surface area contributed by atoms with Crippen molar-refractivity contribution in [2.24, 2.45) is 0 Å². The van der Waals surface area contributed by atoms with Gasteiger partial charge in [-0.2, -0.15) is 0 Å². The molecule has 0 aromatic heterocycles. The molecular weight excluding hydrogens is 281 g/mol. The van der Waals surface area contributed by atoms with Crippen LogP contribution in [0.3, 0.4) is 0 Å². The van der Waals surface area contributed by atoms with Crippen molar-refractivity contribution in [1.29, 1.82) is 0 Å². The third-order valence-electron chi connectivity index (χ3n) is 3.24. The average molecular weight is 292 g/mol. The molecular formula is C15H11Cl2NO. The van der Waals surface area contributed by atoms with Crippen LogP contribution in [0.1, 0.15) is 15.9 Å². The summed E-state index contributed by atoms with van der Waals surface area (Å²) >= 11 is 11.9. The molecule has 19 heavy (non-hydrogen) atoms. The molecule has 4 heteroatoms. The highest BCUT2D eigenvalue weighted by molar-refractivity contribution is 6.35. The van der Waals surface area contributed by atoms with Crippen LogP contribution in [0.25, 0.3) is 0 Å². The number of amides is 1. The number of para-hydroxylation sites is 1. The zero-order valence-electron chi connectivity index (χ0n) is 10.1. The Morgan fingerprint density at radius 1 is 1.05 bits per heavy atom. The fraction of sp³-hybridized carbons (Fsp3) is 0.133. The largest absolute Gasteiger partial charge is 0.308 e. The monoisotopic (exact) mass is 291 g/mol. The number of anilines is 1. The molecule has 2 aromatic rings. The van der Waals surface area contributed by atoms with E-state index in [0.29, 0.717) is 22.2 Å². The minimum absolute atomic E-state index is 0.0608. The maximum atomic E-state index is 12.5. The zero-order valence-corrected chi connectivity index (χ0v) is 11.6. The van der Waals surface area contributed by atoms with Gasteiger partial charge in [-0.15, -0.1) is 0 Å². The lowest BCUT2D eigenvalue weighted by Gasteiger charge is -2.17. The highest BCUT2D eigenvalue weighted by atomic mass is 35.5. The molecule has 0 fully saturated rings. The van der Waals surface area contributed by atoms with E-state index in [0.717, 1.165) is 12.1 Å². The third kappa shape index (κ3) is 2.34. The van der Waals surface area contributed by atoms with Gasteiger partial charge in [-0.05, 0) is 36.2 Å². The number of carbonyl (C=O) groups excluding carboxylic acids is 1. The molecule has 0 unspecified atom stereocenters. The first-order chi connectivity index (χ1) is 9.15. The number of nitrogens with zero attached hydrogens (tertiary/aromatic N) is 1. The topological polar surface area (TPSA) is 20.3 Å². The molecule has 96 valence electrons. The molecule has 1 heterocycles. The van der Waals surface area contributed by atoms with Crippen molar-refractivity contribution in [3.05, 3.63) is 63.6 Å². The SMILES string of the molecule is O=C(c1cc(Cl)cc(Cl)c1)N1CCc2ccccc21. The van der Waals surface area contributed by atoms with Gasteiger partial charge in [-0.3, -0.25) is 4.79 Å². The molecule has 0 radical (unpaired) electrons. The van der Waals surface area contributed by atoms with E-state index in [4.69, 9.17) is 23.2 Å². The van der Waals surface area contributed by atoms with E-state index in [-0.39, 0.29) is 5.91 Å². The molecule has 1 aliphatic heterocycles. The van der Waals surface area contributed by atoms with Crippen molar-refractivity contribution < 1.29 is 4.79 Å². The predicted octanol–water partition coefficient (Wildman–Crippen LogP) is 4.20. The van der Waals surface area contributed by atoms with E-state index >= 15 is 0 Å². The maximum absolute atomic E-state index is 12.5. The molecule has 0 aliphatic carbocycles. The first-order valence-electron chi connectivity index (χ1n) is 6.01. The van der Waals surface area contributed by atoms with Crippen LogP contribution in [0, 0.1) is 0 Å². The third-order valence-corrected chi connectivity index (χ3v) is 3.68. The second-order valence-electron chi connectivity index (χ2n) is 4.49. The number of carbonyl (C=O) groups is 1. The summed E-state index contributed by atoms with van der Waals surface area (Å²) in [7, 11) is 0. The molecule has 1 amide bonds. The zero-order chi connectivity index (χ0) is 13.4. The van der Waals surface area contributed by atoms with Crippen LogP contribution >= 0.6 is 23.2 Å². The smallest absolute Gasteiger partial charge is 0.258 e. The molecule has 3 rings (SSSR count). The van der Waals surface area contributed by atoms with Gasteiger partial charge in [0.1, 0.15) is 0 Å². The van der Waals surface area contributed by atoms with Crippen LogP contribution in [0.5, 0.6) is 0 Å². The summed E-state index contributed by atoms with van der Waals surface area (Å²) in [5, 5.41) is 0.951. The van der Waals surface area contributed by atoms with Crippen molar-refractivity contribution in [2.75, 3.05) is 11.4 Å². The number of rotatable bonds is 1. The van der Waals surface area contributed by atoms with Gasteiger partial charge in [0, 0.05) is 27.8 Å². The number of fused-ring (bicyclic) bond motifs is 1. The summed E-state index contributed by atoms with van der Waals surface area (Å²) < 4.78 is 0. The van der Waals surface area contributed by atoms with Gasteiger partial charge in [0.05, 0.1) is 0 Å². The Labute approximate surface area is 121 Å². The molecule has 0 atom stereocenters. The van der Waals surface area contributed by atoms with Crippen molar-refractivity contribution in [1.82, 2.24) is 0 Å². The Balaban J connectivity index is 1.98. The first kappa shape index (κ1) is 12.5. The van der Waals surface area contributed by atoms with E-state index in [1.54, 1.807) is 23.1 Å². The summed E-state index contributed by atoms with van der Waals surface area (Å²) in [5.74, 6) is -0.0608. The highest BCUT2D eigenvalue weighted by Crippen LogP contribution is 2.30. The molecule has 2 aromatic carbocycles. The van der Waals surface area contributed by atoms with E-state index < -0.39 is 0 Å². The van der Waals surface area contributed by atoms with Crippen LogP contribution in [0.15, 0.2) is 42.5 Å². The standard InChI is InChI=1S/C15H11Cl2NO/c16-12-7-11(8-13(17)9-12)15(19)18-6-5-10-3-1-2-4-14(10)18/h1-4,7-9H,5-6H2. The normalized spacial score (nSPS) is 13.5. The highest BCUT2D eigenvalue weighted by Gasteiger charge is 2.25. The van der Waals surface area contributed by atoms with Crippen molar-refractivity contribution >= 4 is 34.8 Å². The summed E-state index contributed by atoms with van der Waals surface area (Å²) in [5.41, 5.74) is 2.70. The first-order valence-corrected chi connectivity index (χ1v) is 6.76. The lowest BCUT2D eigenvalue weighted by molar-refractivity contribution is 0.0989. The Morgan fingerprint density at radius 2 is 1.74 bits per heavy atom. The lowest BCUT2D eigenvalue weighted by atomic mass is 10.1. The predicted molar refractivity (Wildman–Crippen MR) is 78.3 cm³/mol. The summed E-state index contributed by atoms with van der Waals surface area (Å²) in [6, 6.07) is 12.9. The fourth-order valence-corrected chi connectivity index (χ4v) is 2.91. The van der Waals surface area contributed by atoms with Gasteiger partial charge in [-0.1, -0.05) is 41.4 Å². The van der Waals surface area contributed by atoms with Gasteiger partial charge >= 0.3 is 0 Å². The molecule has 0 N–H and O–H groups in total. The van der Waals surface area contributed by atoms with E-state index in [2.05, 4.69) is 0 Å². The minimum atomic E-state index is -0.0608. The molecule has 0 spiro atoms. The summed E-state index contributed by atoms with van der Waals surface area (Å²) in [6.07, 6.45) is 0.885. The van der Waals surface area contributed by atoms with Gasteiger partial charge in [0.15, 0.2) is 0 Å². The van der Waals surface area contributed by atoms with Crippen LogP contribution in [-0.4, -0.2) is 12.5 Å². The van der Waals surface area contributed by atoms with E-state index in [1.807, 2.05) is 24.3 Å². The van der Waals surface area contributed by atoms with Gasteiger partial charge in [0.25, 0.3) is 5.91 Å². The van der Waals surface area contributed by atoms with Gasteiger partial charge in [0.2, 0.25) is 0 Å². The average Bonchev–Trinajstić information content (AvgIpc) is 2.80. The minimum Gasteiger partial charge on any atom is -0.308 e. The summed E-state index contributed by atoms with van der Waals surface area (Å²) in [4.78, 5) is 14.3. The molecule has 2 nitrogen and oxygen atoms in total. The van der Waals surface area contributed by atoms with Crippen LogP contribution in [0.4, 0.5) is 5.69 Å². The van der Waals surface area contributed by atoms with Crippen LogP contribution in [0.2, 0.25) is 10.0 Å². The lowest BCUT2D eigenvalue weighted by Crippen LogP contribution is -2.28. The number of benzene rings is 2. The fourth-order valence-electron chi connectivity index (χ4n) is 2.38. The number of hydrogen-bond donors (Lipinski definition) is 0. The van der Waals surface area contributed by atoms with E-state index in [9.17, 15) is 4.79 Å². The molecule has 0 saturated heterocycles. The molecule has 0 saturated carbocycles. The quantitative estimate of drug-likeness (QED) is 0.771. The van der Waals surface area contributed by atoms with Gasteiger partial charge < -0.3 is 4.90 Å². The van der Waals surface area contributed by atoms with Crippen molar-refractivity contribution in [3.63, 3.8) is 0 Å². The Morgan fingerprint density at radius 3 is 2.47 bits per heavy atom.